The molecule has 21 heavy (non-hydrogen) atoms. The first-order chi connectivity index (χ1) is 10.3. The van der Waals surface area contributed by atoms with Crippen molar-refractivity contribution in [2.24, 2.45) is 5.92 Å². The molecule has 3 heteroatoms. The van der Waals surface area contributed by atoms with Gasteiger partial charge in [-0.3, -0.25) is 10.1 Å². The fraction of sp³-hybridized carbons (Fsp3) is 0.222. The summed E-state index contributed by atoms with van der Waals surface area (Å²) in [6.45, 7) is 3.95. The van der Waals surface area contributed by atoms with Crippen LogP contribution >= 0.6 is 0 Å². The van der Waals surface area contributed by atoms with Gasteiger partial charge < -0.3 is 0 Å². The standard InChI is InChI=1S/C18H19N3/c1-3-5-6-9-18-17(8-7-10-19-18)12-15(4-2)11-16-13-20-21-14-16/h1,4,6-10,13-15H,2,5,11-12H2,(H,20,21)/b9-6-. The number of nitrogens with one attached hydrogen (secondary N) is 1. The zero-order chi connectivity index (χ0) is 14.9. The van der Waals surface area contributed by atoms with Gasteiger partial charge in [0.25, 0.3) is 0 Å². The maximum atomic E-state index is 5.26. The molecule has 2 aromatic heterocycles. The molecule has 1 N–H and O–H groups in total. The van der Waals surface area contributed by atoms with Gasteiger partial charge in [-0.1, -0.05) is 18.2 Å². The van der Waals surface area contributed by atoms with E-state index in [4.69, 9.17) is 6.42 Å². The van der Waals surface area contributed by atoms with Crippen LogP contribution in [0.1, 0.15) is 23.2 Å². The van der Waals surface area contributed by atoms with Crippen molar-refractivity contribution in [3.05, 3.63) is 66.3 Å². The zero-order valence-corrected chi connectivity index (χ0v) is 12.0. The van der Waals surface area contributed by atoms with Gasteiger partial charge in [-0.2, -0.15) is 5.10 Å². The Morgan fingerprint density at radius 3 is 3.05 bits per heavy atom. The Hall–Kier alpha value is -2.60. The first-order valence-corrected chi connectivity index (χ1v) is 6.97. The summed E-state index contributed by atoms with van der Waals surface area (Å²) in [6.07, 6.45) is 19.2. The maximum absolute atomic E-state index is 5.26. The van der Waals surface area contributed by atoms with Crippen molar-refractivity contribution < 1.29 is 0 Å². The molecule has 0 saturated carbocycles. The second-order valence-corrected chi connectivity index (χ2v) is 4.87. The molecule has 2 heterocycles. The molecule has 0 amide bonds. The Kier molecular flexibility index (Phi) is 5.54. The third kappa shape index (κ3) is 4.47. The monoisotopic (exact) mass is 277 g/mol. The fourth-order valence-corrected chi connectivity index (χ4v) is 2.23. The Bertz CT molecular complexity index is 633. The van der Waals surface area contributed by atoms with Gasteiger partial charge in [-0.25, -0.2) is 0 Å². The topological polar surface area (TPSA) is 41.6 Å². The predicted molar refractivity (Wildman–Crippen MR) is 86.4 cm³/mol. The summed E-state index contributed by atoms with van der Waals surface area (Å²) in [4.78, 5) is 4.43. The largest absolute Gasteiger partial charge is 0.285 e. The van der Waals surface area contributed by atoms with E-state index in [2.05, 4.69) is 33.7 Å². The van der Waals surface area contributed by atoms with Crippen LogP contribution in [0.3, 0.4) is 0 Å². The molecule has 0 spiro atoms. The van der Waals surface area contributed by atoms with Gasteiger partial charge in [0.2, 0.25) is 0 Å². The second-order valence-electron chi connectivity index (χ2n) is 4.87. The number of aromatic amines is 1. The molecule has 0 saturated heterocycles. The predicted octanol–water partition coefficient (Wildman–Crippen LogP) is 3.43. The quantitative estimate of drug-likeness (QED) is 0.622. The van der Waals surface area contributed by atoms with Crippen molar-refractivity contribution in [3.8, 4) is 12.3 Å². The van der Waals surface area contributed by atoms with Gasteiger partial charge in [0, 0.05) is 18.8 Å². The smallest absolute Gasteiger partial charge is 0.0658 e. The van der Waals surface area contributed by atoms with Crippen LogP contribution in [-0.4, -0.2) is 15.2 Å². The van der Waals surface area contributed by atoms with Crippen molar-refractivity contribution in [3.63, 3.8) is 0 Å². The van der Waals surface area contributed by atoms with Gasteiger partial charge >= 0.3 is 0 Å². The third-order valence-corrected chi connectivity index (χ3v) is 3.31. The molecule has 0 aromatic carbocycles. The molecule has 2 rings (SSSR count). The third-order valence-electron chi connectivity index (χ3n) is 3.31. The lowest BCUT2D eigenvalue weighted by Gasteiger charge is -2.13. The van der Waals surface area contributed by atoms with Gasteiger partial charge in [-0.15, -0.1) is 18.9 Å². The molecule has 1 unspecified atom stereocenters. The normalized spacial score (nSPS) is 12.1. The van der Waals surface area contributed by atoms with Crippen molar-refractivity contribution >= 4 is 6.08 Å². The average molecular weight is 277 g/mol. The van der Waals surface area contributed by atoms with Gasteiger partial charge in [0.1, 0.15) is 0 Å². The molecule has 0 radical (unpaired) electrons. The zero-order valence-electron chi connectivity index (χ0n) is 12.0. The highest BCUT2D eigenvalue weighted by molar-refractivity contribution is 5.49. The Morgan fingerprint density at radius 2 is 2.33 bits per heavy atom. The van der Waals surface area contributed by atoms with Crippen LogP contribution in [0.5, 0.6) is 0 Å². The Labute approximate surface area is 125 Å². The minimum absolute atomic E-state index is 0.353. The maximum Gasteiger partial charge on any atom is 0.0658 e. The highest BCUT2D eigenvalue weighted by Crippen LogP contribution is 2.18. The molecular weight excluding hydrogens is 258 g/mol. The minimum atomic E-state index is 0.353. The van der Waals surface area contributed by atoms with Crippen LogP contribution < -0.4 is 0 Å². The van der Waals surface area contributed by atoms with E-state index in [0.717, 1.165) is 18.5 Å². The van der Waals surface area contributed by atoms with E-state index in [9.17, 15) is 0 Å². The van der Waals surface area contributed by atoms with E-state index >= 15 is 0 Å². The number of H-pyrrole nitrogens is 1. The molecular formula is C18H19N3. The number of rotatable bonds is 7. The van der Waals surface area contributed by atoms with Crippen LogP contribution in [0.15, 0.2) is 49.5 Å². The number of aromatic nitrogens is 3. The van der Waals surface area contributed by atoms with Gasteiger partial charge in [-0.05, 0) is 42.0 Å². The van der Waals surface area contributed by atoms with E-state index in [-0.39, 0.29) is 0 Å². The molecule has 1 atom stereocenters. The van der Waals surface area contributed by atoms with E-state index in [1.807, 2.05) is 36.7 Å². The van der Waals surface area contributed by atoms with Crippen LogP contribution in [0.25, 0.3) is 6.08 Å². The molecule has 3 nitrogen and oxygen atoms in total. The number of terminal acetylenes is 1. The summed E-state index contributed by atoms with van der Waals surface area (Å²) in [6, 6.07) is 4.07. The van der Waals surface area contributed by atoms with Gasteiger partial charge in [0.05, 0.1) is 11.9 Å². The minimum Gasteiger partial charge on any atom is -0.285 e. The van der Waals surface area contributed by atoms with Crippen LogP contribution in [0.2, 0.25) is 0 Å². The van der Waals surface area contributed by atoms with E-state index in [1.165, 1.54) is 11.1 Å². The van der Waals surface area contributed by atoms with Crippen molar-refractivity contribution in [2.75, 3.05) is 0 Å². The number of hydrogen-bond acceptors (Lipinski definition) is 2. The fourth-order valence-electron chi connectivity index (χ4n) is 2.23. The SMILES string of the molecule is C#CC/C=C\c1ncccc1CC(C=C)Cc1cn[nH]c1. The molecule has 106 valence electrons. The number of pyridine rings is 1. The molecule has 2 aromatic rings. The molecule has 0 aliphatic carbocycles. The highest BCUT2D eigenvalue weighted by atomic mass is 15.1. The van der Waals surface area contributed by atoms with Crippen LogP contribution in [-0.2, 0) is 12.8 Å². The summed E-state index contributed by atoms with van der Waals surface area (Å²) in [5.41, 5.74) is 3.37. The molecule has 0 aliphatic rings. The Balaban J connectivity index is 2.10. The first-order valence-electron chi connectivity index (χ1n) is 6.97. The lowest BCUT2D eigenvalue weighted by molar-refractivity contribution is 0.643. The van der Waals surface area contributed by atoms with Gasteiger partial charge in [0.15, 0.2) is 0 Å². The van der Waals surface area contributed by atoms with Crippen LogP contribution in [0.4, 0.5) is 0 Å². The van der Waals surface area contributed by atoms with Crippen LogP contribution in [0, 0.1) is 18.3 Å². The lowest BCUT2D eigenvalue weighted by Crippen LogP contribution is -2.06. The highest BCUT2D eigenvalue weighted by Gasteiger charge is 2.10. The number of allylic oxidation sites excluding steroid dienone is 2. The summed E-state index contributed by atoms with van der Waals surface area (Å²) in [5.74, 6) is 2.95. The van der Waals surface area contributed by atoms with Crippen molar-refractivity contribution in [1.82, 2.24) is 15.2 Å². The summed E-state index contributed by atoms with van der Waals surface area (Å²) in [7, 11) is 0. The molecule has 0 aliphatic heterocycles. The number of nitrogens with zero attached hydrogens (tertiary/aromatic N) is 2. The van der Waals surface area contributed by atoms with E-state index in [1.54, 1.807) is 6.20 Å². The molecule has 0 fully saturated rings. The average Bonchev–Trinajstić information content (AvgIpc) is 3.01. The number of hydrogen-bond donors (Lipinski definition) is 1. The first kappa shape index (κ1) is 14.8. The van der Waals surface area contributed by atoms with Crippen molar-refractivity contribution in [2.45, 2.75) is 19.3 Å². The van der Waals surface area contributed by atoms with E-state index < -0.39 is 0 Å². The summed E-state index contributed by atoms with van der Waals surface area (Å²) in [5, 5.41) is 6.82. The van der Waals surface area contributed by atoms with E-state index in [0.29, 0.717) is 12.3 Å². The van der Waals surface area contributed by atoms with Crippen molar-refractivity contribution in [1.29, 1.82) is 0 Å². The summed E-state index contributed by atoms with van der Waals surface area (Å²) < 4.78 is 0. The lowest BCUT2D eigenvalue weighted by atomic mass is 9.93. The summed E-state index contributed by atoms with van der Waals surface area (Å²) >= 11 is 0. The second kappa shape index (κ2) is 7.86. The Morgan fingerprint density at radius 1 is 1.43 bits per heavy atom. The molecule has 0 bridgehead atoms.